The Bertz CT molecular complexity index is 412. The van der Waals surface area contributed by atoms with Crippen LogP contribution in [-0.2, 0) is 0 Å². The van der Waals surface area contributed by atoms with Crippen LogP contribution in [0.25, 0.3) is 0 Å². The quantitative estimate of drug-likeness (QED) is 0.834. The van der Waals surface area contributed by atoms with Crippen molar-refractivity contribution in [3.05, 3.63) is 29.8 Å². The lowest BCUT2D eigenvalue weighted by molar-refractivity contribution is -0.0499. The fourth-order valence-corrected chi connectivity index (χ4v) is 2.57. The van der Waals surface area contributed by atoms with Crippen molar-refractivity contribution in [3.63, 3.8) is 0 Å². The summed E-state index contributed by atoms with van der Waals surface area (Å²) in [4.78, 5) is 2.26. The Labute approximate surface area is 117 Å². The Hall–Kier alpha value is -1.24. The number of piperazine rings is 1. The number of ether oxygens (including phenoxy) is 1. The molecule has 1 heterocycles. The third kappa shape index (κ3) is 4.13. The third-order valence-corrected chi connectivity index (χ3v) is 3.46. The largest absolute Gasteiger partial charge is 0.435 e. The third-order valence-electron chi connectivity index (χ3n) is 3.46. The molecule has 0 spiro atoms. The van der Waals surface area contributed by atoms with Crippen molar-refractivity contribution in [1.29, 1.82) is 0 Å². The summed E-state index contributed by atoms with van der Waals surface area (Å²) in [7, 11) is 0. The highest BCUT2D eigenvalue weighted by atomic mass is 19.3. The smallest absolute Gasteiger partial charge is 0.387 e. The number of aliphatic hydroxyl groups is 1. The van der Waals surface area contributed by atoms with Gasteiger partial charge >= 0.3 is 6.61 Å². The molecule has 20 heavy (non-hydrogen) atoms. The highest BCUT2D eigenvalue weighted by Crippen LogP contribution is 2.27. The van der Waals surface area contributed by atoms with Gasteiger partial charge in [0.1, 0.15) is 5.75 Å². The van der Waals surface area contributed by atoms with E-state index in [0.29, 0.717) is 6.42 Å². The standard InChI is InChI=1S/C14H20F2N2O2/c15-14(16)20-12-3-1-2-11(10-12)13(4-9-19)18-7-5-17-6-8-18/h1-3,10,13-14,17,19H,4-9H2/t13-/m0/s1. The minimum atomic E-state index is -2.82. The van der Waals surface area contributed by atoms with Gasteiger partial charge in [-0.05, 0) is 24.1 Å². The lowest BCUT2D eigenvalue weighted by atomic mass is 10.0. The first kappa shape index (κ1) is 15.2. The molecule has 1 aromatic carbocycles. The fraction of sp³-hybridized carbons (Fsp3) is 0.571. The lowest BCUT2D eigenvalue weighted by Crippen LogP contribution is -2.45. The van der Waals surface area contributed by atoms with Crippen molar-refractivity contribution in [1.82, 2.24) is 10.2 Å². The summed E-state index contributed by atoms with van der Waals surface area (Å²) in [5.41, 5.74) is 0.902. The predicted molar refractivity (Wildman–Crippen MR) is 72.0 cm³/mol. The van der Waals surface area contributed by atoms with Crippen molar-refractivity contribution >= 4 is 0 Å². The van der Waals surface area contributed by atoms with Crippen molar-refractivity contribution in [2.75, 3.05) is 32.8 Å². The SMILES string of the molecule is OCC[C@@H](c1cccc(OC(F)F)c1)N1CCNCC1. The number of rotatable bonds is 6. The van der Waals surface area contributed by atoms with Crippen LogP contribution in [0.3, 0.4) is 0 Å². The highest BCUT2D eigenvalue weighted by Gasteiger charge is 2.22. The normalized spacial score (nSPS) is 18.2. The van der Waals surface area contributed by atoms with Crippen molar-refractivity contribution in [2.24, 2.45) is 0 Å². The molecular formula is C14H20F2N2O2. The maximum absolute atomic E-state index is 12.3. The summed E-state index contributed by atoms with van der Waals surface area (Å²) in [5, 5.41) is 12.5. The van der Waals surface area contributed by atoms with E-state index in [2.05, 4.69) is 15.0 Å². The summed E-state index contributed by atoms with van der Waals surface area (Å²) < 4.78 is 29.0. The van der Waals surface area contributed by atoms with Gasteiger partial charge in [-0.3, -0.25) is 4.90 Å². The van der Waals surface area contributed by atoms with E-state index in [1.807, 2.05) is 6.07 Å². The van der Waals surface area contributed by atoms with Gasteiger partial charge in [-0.25, -0.2) is 0 Å². The molecule has 4 nitrogen and oxygen atoms in total. The first-order valence-electron chi connectivity index (χ1n) is 6.81. The topological polar surface area (TPSA) is 44.7 Å². The molecule has 1 aliphatic heterocycles. The molecule has 0 aromatic heterocycles. The van der Waals surface area contributed by atoms with Crippen LogP contribution in [-0.4, -0.2) is 49.4 Å². The van der Waals surface area contributed by atoms with Crippen molar-refractivity contribution in [3.8, 4) is 5.75 Å². The van der Waals surface area contributed by atoms with E-state index in [9.17, 15) is 13.9 Å². The molecule has 0 aliphatic carbocycles. The molecule has 0 bridgehead atoms. The Morgan fingerprint density at radius 2 is 2.05 bits per heavy atom. The molecule has 1 fully saturated rings. The summed E-state index contributed by atoms with van der Waals surface area (Å²) in [6.07, 6.45) is 0.581. The maximum atomic E-state index is 12.3. The molecule has 6 heteroatoms. The zero-order valence-electron chi connectivity index (χ0n) is 11.3. The van der Waals surface area contributed by atoms with Crippen LogP contribution >= 0.6 is 0 Å². The van der Waals surface area contributed by atoms with E-state index < -0.39 is 6.61 Å². The minimum absolute atomic E-state index is 0.0309. The van der Waals surface area contributed by atoms with Gasteiger partial charge in [0.15, 0.2) is 0 Å². The molecule has 0 radical (unpaired) electrons. The average molecular weight is 286 g/mol. The fourth-order valence-electron chi connectivity index (χ4n) is 2.57. The van der Waals surface area contributed by atoms with Crippen LogP contribution in [0.1, 0.15) is 18.0 Å². The summed E-state index contributed by atoms with van der Waals surface area (Å²) >= 11 is 0. The van der Waals surface area contributed by atoms with Crippen LogP contribution < -0.4 is 10.1 Å². The van der Waals surface area contributed by atoms with Crippen LogP contribution in [0.4, 0.5) is 8.78 Å². The summed E-state index contributed by atoms with van der Waals surface area (Å²) in [6, 6.07) is 6.78. The molecule has 2 rings (SSSR count). The number of aliphatic hydroxyl groups excluding tert-OH is 1. The first-order valence-corrected chi connectivity index (χ1v) is 6.81. The number of halogens is 2. The molecule has 0 unspecified atom stereocenters. The van der Waals surface area contributed by atoms with Crippen LogP contribution in [0, 0.1) is 0 Å². The number of nitrogens with zero attached hydrogens (tertiary/aromatic N) is 1. The number of benzene rings is 1. The van der Waals surface area contributed by atoms with Gasteiger partial charge in [-0.2, -0.15) is 8.78 Å². The van der Waals surface area contributed by atoms with E-state index in [1.165, 1.54) is 6.07 Å². The molecule has 112 valence electrons. The van der Waals surface area contributed by atoms with E-state index in [-0.39, 0.29) is 18.4 Å². The second kappa shape index (κ2) is 7.52. The number of hydrogen-bond acceptors (Lipinski definition) is 4. The molecule has 2 N–H and O–H groups in total. The minimum Gasteiger partial charge on any atom is -0.435 e. The molecule has 1 atom stereocenters. The Balaban J connectivity index is 2.15. The highest BCUT2D eigenvalue weighted by molar-refractivity contribution is 5.30. The average Bonchev–Trinajstić information content (AvgIpc) is 2.45. The van der Waals surface area contributed by atoms with Crippen molar-refractivity contribution < 1.29 is 18.6 Å². The summed E-state index contributed by atoms with van der Waals surface area (Å²) in [6.45, 7) is 0.800. The number of nitrogens with one attached hydrogen (secondary N) is 1. The monoisotopic (exact) mass is 286 g/mol. The zero-order chi connectivity index (χ0) is 14.4. The van der Waals surface area contributed by atoms with Gasteiger partial charge in [-0.15, -0.1) is 0 Å². The van der Waals surface area contributed by atoms with E-state index in [1.54, 1.807) is 12.1 Å². The molecule has 0 amide bonds. The van der Waals surface area contributed by atoms with Crippen molar-refractivity contribution in [2.45, 2.75) is 19.1 Å². The van der Waals surface area contributed by atoms with Gasteiger partial charge in [0.05, 0.1) is 0 Å². The van der Waals surface area contributed by atoms with E-state index in [4.69, 9.17) is 0 Å². The van der Waals surface area contributed by atoms with Crippen LogP contribution in [0.15, 0.2) is 24.3 Å². The van der Waals surface area contributed by atoms with Gasteiger partial charge < -0.3 is 15.2 Å². The second-order valence-corrected chi connectivity index (χ2v) is 4.77. The Kier molecular flexibility index (Phi) is 5.70. The number of alkyl halides is 2. The second-order valence-electron chi connectivity index (χ2n) is 4.77. The lowest BCUT2D eigenvalue weighted by Gasteiger charge is -2.35. The number of hydrogen-bond donors (Lipinski definition) is 2. The molecular weight excluding hydrogens is 266 g/mol. The zero-order valence-corrected chi connectivity index (χ0v) is 11.3. The van der Waals surface area contributed by atoms with Crippen LogP contribution in [0.5, 0.6) is 5.75 Å². The first-order chi connectivity index (χ1) is 9.70. The predicted octanol–water partition coefficient (Wildman–Crippen LogP) is 1.62. The Morgan fingerprint density at radius 1 is 1.30 bits per heavy atom. The van der Waals surface area contributed by atoms with Gasteiger partial charge in [0.2, 0.25) is 0 Å². The van der Waals surface area contributed by atoms with Gasteiger partial charge in [-0.1, -0.05) is 12.1 Å². The Morgan fingerprint density at radius 3 is 2.70 bits per heavy atom. The van der Waals surface area contributed by atoms with E-state index >= 15 is 0 Å². The molecule has 1 aromatic rings. The van der Waals surface area contributed by atoms with E-state index in [0.717, 1.165) is 31.7 Å². The molecule has 1 saturated heterocycles. The summed E-state index contributed by atoms with van der Waals surface area (Å²) in [5.74, 6) is 0.163. The van der Waals surface area contributed by atoms with Gasteiger partial charge in [0, 0.05) is 38.8 Å². The van der Waals surface area contributed by atoms with Gasteiger partial charge in [0.25, 0.3) is 0 Å². The maximum Gasteiger partial charge on any atom is 0.387 e. The molecule has 1 aliphatic rings. The molecule has 0 saturated carbocycles. The van der Waals surface area contributed by atoms with Crippen LogP contribution in [0.2, 0.25) is 0 Å².